The Hall–Kier alpha value is -4.59. The maximum Gasteiger partial charge on any atom is 0.396 e. The first-order valence-corrected chi connectivity index (χ1v) is 48.7. The van der Waals surface area contributed by atoms with Crippen LogP contribution >= 0.6 is 11.8 Å². The predicted molar refractivity (Wildman–Crippen MR) is 390 cm³/mol. The summed E-state index contributed by atoms with van der Waals surface area (Å²) in [5.74, 6) is -27.7. The van der Waals surface area contributed by atoms with Crippen molar-refractivity contribution in [3.05, 3.63) is 0 Å². The molecule has 0 spiro atoms. The van der Waals surface area contributed by atoms with E-state index in [0.717, 1.165) is 103 Å². The first-order valence-electron chi connectivity index (χ1n) is 42.1. The molecular weight excluding hydrogens is 1870 g/mol. The van der Waals surface area contributed by atoms with Crippen molar-refractivity contribution in [2.75, 3.05) is 39.6 Å². The Morgan fingerprint density at radius 3 is 1.21 bits per heavy atom. The number of halogens is 16. The fourth-order valence-electron chi connectivity index (χ4n) is 25.1. The van der Waals surface area contributed by atoms with E-state index < -0.39 is 286 Å². The summed E-state index contributed by atoms with van der Waals surface area (Å²) in [6.45, 7) is -6.41. The molecule has 0 aromatic heterocycles. The summed E-state index contributed by atoms with van der Waals surface area (Å²) in [5.41, 5.74) is -5.37. The van der Waals surface area contributed by atoms with E-state index in [4.69, 9.17) is 33.2 Å². The Kier molecular flexibility index (Phi) is 27.3. The quantitative estimate of drug-likeness (QED) is 0.0212. The summed E-state index contributed by atoms with van der Waals surface area (Å²) >= 11 is 1.44. The molecule has 18 rings (SSSR count). The molecule has 16 atom stereocenters. The van der Waals surface area contributed by atoms with Gasteiger partial charge in [-0.05, 0) is 157 Å². The fourth-order valence-corrected chi connectivity index (χ4v) is 29.1. The Morgan fingerprint density at radius 1 is 0.414 bits per heavy atom. The van der Waals surface area contributed by atoms with Crippen molar-refractivity contribution in [1.82, 2.24) is 0 Å². The zero-order chi connectivity index (χ0) is 94.6. The van der Waals surface area contributed by atoms with Crippen LogP contribution in [-0.4, -0.2) is 262 Å². The molecule has 18 fully saturated rings. The summed E-state index contributed by atoms with van der Waals surface area (Å²) in [5, 5.41) is 20.9. The molecule has 16 unspecified atom stereocenters. The van der Waals surface area contributed by atoms with Crippen molar-refractivity contribution >= 4 is 88.1 Å². The fraction of sp³-hybridized carbons (Fsp3) is 0.921. The van der Waals surface area contributed by atoms with Gasteiger partial charge in [0, 0.05) is 22.5 Å². The summed E-state index contributed by atoms with van der Waals surface area (Å²) < 4.78 is 385. The molecule has 732 valence electrons. The third-order valence-corrected chi connectivity index (χ3v) is 35.7. The standard InChI is InChI=1S/2C20H28F4O6S.C18H22F4O10S.C18H22F4O9S2/c21-19(22,20(23,24)31(27,28)29)5-6-30-15(25)16-8-13-7-14(9-16)11-17(10-13,12-16)18(26)3-1-2-4-18;21-19(22,20(23,24)31(27,28)29)5-6-30-16(25)15-13-7-12-8-14(15)11-17(9-12,10-13)18(26)3-1-2-4-18;19-17(20,18(21,22)33(26,27)28)5-6-29-8(23)7-30-13-12-10(16(25)3-1-2-4-16)9-11(31-12)14(13)32-15(9)24;19-17(20,18(21,22)33(26,27)28)5-6-29-8(23)7-30-11-12-13-9(15(24)31-12)10(14(11)32-13)16(25)3-1-2-4-16/h13-14,26H,1-12H2,(H,27,28,29);12-15,26H,1-11H2,(H,27,28,29);2*9-14,25H,1-7H2,(H,26,27,28)/p-4. The Bertz CT molecular complexity index is 4500. The van der Waals surface area contributed by atoms with Gasteiger partial charge in [0.15, 0.2) is 46.6 Å². The van der Waals surface area contributed by atoms with E-state index in [-0.39, 0.29) is 39.6 Å². The average Bonchev–Trinajstić information content (AvgIpc) is 1.48. The molecule has 0 aromatic carbocycles. The van der Waals surface area contributed by atoms with Crippen LogP contribution in [0.1, 0.15) is 199 Å². The largest absolute Gasteiger partial charge is 0.743 e. The normalized spacial score (nSPS) is 36.2. The molecule has 52 heteroatoms. The summed E-state index contributed by atoms with van der Waals surface area (Å²) in [4.78, 5) is 74.1. The molecule has 31 nitrogen and oxygen atoms in total. The lowest BCUT2D eigenvalue weighted by Gasteiger charge is -2.64. The summed E-state index contributed by atoms with van der Waals surface area (Å²) in [7, 11) is -26.4. The molecule has 6 saturated heterocycles. The average molecular weight is 1970 g/mol. The topological polar surface area (TPSA) is 495 Å². The number of hydrogen-bond donors (Lipinski definition) is 4. The highest BCUT2D eigenvalue weighted by atomic mass is 32.2. The SMILES string of the molecule is O=C(COC1C2OC(=O)C3C2OC1C3C1(O)CCCC1)OCCC(F)(F)C(F)(F)S(=O)(=O)[O-].O=C(COC1C2OC(=O)C3C2SC1C3C1(O)CCCC1)OCCC(F)(F)C(F)(F)S(=O)(=O)[O-].O=C(OCCC(F)(F)C(F)(F)S(=O)(=O)[O-])C12CC3CC(C1)CC(C1(O)CCCC1)(C3)C2.O=C(OCCC(F)(F)C(F)(F)S(=O)(=O)[O-])C1C2CC3CC1CC(C1(O)CCCC1)(C3)C2. The van der Waals surface area contributed by atoms with Crippen LogP contribution in [0.3, 0.4) is 0 Å². The minimum Gasteiger partial charge on any atom is -0.743 e. The molecule has 6 heterocycles. The van der Waals surface area contributed by atoms with Crippen LogP contribution in [0, 0.1) is 75.4 Å². The van der Waals surface area contributed by atoms with E-state index in [1.807, 2.05) is 0 Å². The lowest BCUT2D eigenvalue weighted by atomic mass is 9.40. The number of rotatable bonds is 32. The van der Waals surface area contributed by atoms with Gasteiger partial charge in [0.1, 0.15) is 37.6 Å². The second-order valence-corrected chi connectivity index (χ2v) is 45.0. The van der Waals surface area contributed by atoms with Crippen LogP contribution in [0.25, 0.3) is 0 Å². The maximum atomic E-state index is 13.7. The van der Waals surface area contributed by atoms with Crippen LogP contribution in [0.2, 0.25) is 0 Å². The van der Waals surface area contributed by atoms with Gasteiger partial charge in [-0.1, -0.05) is 51.4 Å². The van der Waals surface area contributed by atoms with Crippen molar-refractivity contribution < 1.29 is 214 Å². The van der Waals surface area contributed by atoms with Gasteiger partial charge in [-0.3, -0.25) is 19.2 Å². The number of carbonyl (C=O) groups excluding carboxylic acids is 6. The Morgan fingerprint density at radius 2 is 0.781 bits per heavy atom. The van der Waals surface area contributed by atoms with E-state index >= 15 is 0 Å². The molecule has 128 heavy (non-hydrogen) atoms. The van der Waals surface area contributed by atoms with Gasteiger partial charge in [0.2, 0.25) is 0 Å². The van der Waals surface area contributed by atoms with Gasteiger partial charge in [-0.15, -0.1) is 11.8 Å². The van der Waals surface area contributed by atoms with Gasteiger partial charge in [0.05, 0.1) is 109 Å². The minimum absolute atomic E-state index is 0.0488. The van der Waals surface area contributed by atoms with Crippen molar-refractivity contribution in [3.63, 3.8) is 0 Å². The monoisotopic (exact) mass is 1970 g/mol. The maximum absolute atomic E-state index is 13.7. The smallest absolute Gasteiger partial charge is 0.396 e. The zero-order valence-corrected chi connectivity index (χ0v) is 72.0. The molecule has 4 N–H and O–H groups in total. The van der Waals surface area contributed by atoms with Crippen molar-refractivity contribution in [3.8, 4) is 0 Å². The lowest BCUT2D eigenvalue weighted by molar-refractivity contribution is -0.218. The number of carbonyl (C=O) groups is 6. The van der Waals surface area contributed by atoms with Crippen molar-refractivity contribution in [1.29, 1.82) is 0 Å². The number of hydrogen-bond acceptors (Lipinski definition) is 32. The van der Waals surface area contributed by atoms with Crippen molar-refractivity contribution in [2.45, 2.75) is 313 Å². The van der Waals surface area contributed by atoms with Crippen LogP contribution < -0.4 is 0 Å². The third-order valence-electron chi connectivity index (χ3n) is 30.3. The van der Waals surface area contributed by atoms with Crippen molar-refractivity contribution in [2.24, 2.45) is 75.4 Å². The van der Waals surface area contributed by atoms with E-state index in [1.165, 1.54) is 11.8 Å². The minimum atomic E-state index is -6.64. The molecule has 6 aliphatic heterocycles. The molecule has 12 bridgehead atoms. The highest BCUT2D eigenvalue weighted by Crippen LogP contribution is 2.72. The molecule has 0 radical (unpaired) electrons. The second kappa shape index (κ2) is 34.6. The first-order chi connectivity index (χ1) is 58.8. The molecule has 0 aromatic rings. The summed E-state index contributed by atoms with van der Waals surface area (Å²) in [6, 6.07) is 0. The molecule has 0 amide bonds. The zero-order valence-electron chi connectivity index (χ0n) is 68.0. The van der Waals surface area contributed by atoms with E-state index in [9.17, 15) is 171 Å². The van der Waals surface area contributed by atoms with E-state index in [0.29, 0.717) is 76.5 Å². The predicted octanol–water partition coefficient (Wildman–Crippen LogP) is 8.39. The number of aliphatic hydroxyl groups is 4. The van der Waals surface area contributed by atoms with E-state index in [2.05, 4.69) is 9.47 Å². The van der Waals surface area contributed by atoms with Crippen LogP contribution in [0.4, 0.5) is 70.2 Å². The lowest BCUT2D eigenvalue weighted by Crippen LogP contribution is -2.62. The van der Waals surface area contributed by atoms with Crippen LogP contribution in [0.5, 0.6) is 0 Å². The Balaban J connectivity index is 0.000000146. The number of fused-ring (bicyclic) bond motifs is 2. The van der Waals surface area contributed by atoms with Crippen LogP contribution in [-0.2, 0) is 112 Å². The highest BCUT2D eigenvalue weighted by Gasteiger charge is 2.76. The molecule has 12 saturated carbocycles. The number of esters is 6. The van der Waals surface area contributed by atoms with Gasteiger partial charge in [-0.2, -0.15) is 70.2 Å². The van der Waals surface area contributed by atoms with Crippen LogP contribution in [0.15, 0.2) is 0 Å². The Labute approximate surface area is 726 Å². The van der Waals surface area contributed by atoms with Gasteiger partial charge in [0.25, 0.3) is 0 Å². The number of thioether (sulfide) groups is 1. The first kappa shape index (κ1) is 101. The van der Waals surface area contributed by atoms with E-state index in [1.54, 1.807) is 0 Å². The van der Waals surface area contributed by atoms with Gasteiger partial charge in [-0.25, -0.2) is 43.3 Å². The number of ether oxygens (including phenoxy) is 9. The van der Waals surface area contributed by atoms with Gasteiger partial charge < -0.3 is 81.3 Å². The molecule has 12 aliphatic carbocycles. The number of alkyl halides is 16. The highest BCUT2D eigenvalue weighted by molar-refractivity contribution is 8.01. The van der Waals surface area contributed by atoms with Gasteiger partial charge >= 0.3 is 80.5 Å². The molecular formula is C76H96F16O31S5-4. The summed E-state index contributed by atoms with van der Waals surface area (Å²) in [6.07, 6.45) is 7.71. The second-order valence-electron chi connectivity index (χ2n) is 37.9. The molecule has 18 aliphatic rings. The third kappa shape index (κ3) is 17.8.